The van der Waals surface area contributed by atoms with E-state index in [-0.39, 0.29) is 5.91 Å². The molecule has 0 bridgehead atoms. The highest BCUT2D eigenvalue weighted by Gasteiger charge is 2.00. The van der Waals surface area contributed by atoms with Gasteiger partial charge in [0, 0.05) is 18.8 Å². The van der Waals surface area contributed by atoms with Crippen molar-refractivity contribution in [3.8, 4) is 0 Å². The van der Waals surface area contributed by atoms with Gasteiger partial charge in [0.05, 0.1) is 18.4 Å². The van der Waals surface area contributed by atoms with E-state index in [2.05, 4.69) is 15.3 Å². The molecule has 0 aliphatic rings. The number of carbonyl (C=O) groups excluding carboxylic acids is 1. The summed E-state index contributed by atoms with van der Waals surface area (Å²) >= 11 is 0. The average molecular weight is 194 g/mol. The van der Waals surface area contributed by atoms with Crippen LogP contribution in [0.5, 0.6) is 0 Å². The van der Waals surface area contributed by atoms with Gasteiger partial charge in [-0.15, -0.1) is 0 Å². The second kappa shape index (κ2) is 6.04. The maximum Gasteiger partial charge on any atom is 0.220 e. The van der Waals surface area contributed by atoms with E-state index in [9.17, 15) is 4.79 Å². The predicted molar refractivity (Wildman–Crippen MR) is 52.2 cm³/mol. The summed E-state index contributed by atoms with van der Waals surface area (Å²) in [5.74, 6) is 0.00102. The van der Waals surface area contributed by atoms with Gasteiger partial charge in [0.25, 0.3) is 0 Å². The summed E-state index contributed by atoms with van der Waals surface area (Å²) < 4.78 is 0. The molecule has 1 rings (SSSR count). The standard InChI is InChI=1S/C9H14N4O/c10-3-1-2-9(14)13-7-8-6-11-4-5-12-8/h4-6H,1-3,7,10H2,(H,13,14). The normalized spacial score (nSPS) is 9.79. The minimum atomic E-state index is 0.00102. The third-order valence-corrected chi connectivity index (χ3v) is 1.69. The van der Waals surface area contributed by atoms with Crippen LogP contribution in [0.25, 0.3) is 0 Å². The van der Waals surface area contributed by atoms with E-state index >= 15 is 0 Å². The molecule has 0 aliphatic heterocycles. The van der Waals surface area contributed by atoms with Crippen LogP contribution in [0.1, 0.15) is 18.5 Å². The Morgan fingerprint density at radius 3 is 3.00 bits per heavy atom. The Balaban J connectivity index is 2.24. The molecule has 14 heavy (non-hydrogen) atoms. The van der Waals surface area contributed by atoms with Gasteiger partial charge in [-0.2, -0.15) is 0 Å². The Hall–Kier alpha value is -1.49. The molecule has 5 heteroatoms. The first kappa shape index (κ1) is 10.6. The molecular formula is C9H14N4O. The summed E-state index contributed by atoms with van der Waals surface area (Å²) in [5, 5.41) is 2.74. The fourth-order valence-electron chi connectivity index (χ4n) is 0.961. The molecule has 0 radical (unpaired) electrons. The van der Waals surface area contributed by atoms with Crippen molar-refractivity contribution in [2.75, 3.05) is 6.54 Å². The van der Waals surface area contributed by atoms with Gasteiger partial charge in [0.1, 0.15) is 0 Å². The summed E-state index contributed by atoms with van der Waals surface area (Å²) in [7, 11) is 0. The average Bonchev–Trinajstić information content (AvgIpc) is 2.25. The van der Waals surface area contributed by atoms with E-state index in [0.29, 0.717) is 25.9 Å². The molecule has 0 atom stereocenters. The molecule has 0 saturated carbocycles. The van der Waals surface area contributed by atoms with Crippen LogP contribution < -0.4 is 11.1 Å². The second-order valence-electron chi connectivity index (χ2n) is 2.87. The van der Waals surface area contributed by atoms with Gasteiger partial charge in [-0.3, -0.25) is 14.8 Å². The lowest BCUT2D eigenvalue weighted by Crippen LogP contribution is -2.23. The van der Waals surface area contributed by atoms with Crippen molar-refractivity contribution in [2.24, 2.45) is 5.73 Å². The first-order valence-electron chi connectivity index (χ1n) is 4.54. The maximum absolute atomic E-state index is 11.2. The fourth-order valence-corrected chi connectivity index (χ4v) is 0.961. The van der Waals surface area contributed by atoms with Gasteiger partial charge in [0.2, 0.25) is 5.91 Å². The smallest absolute Gasteiger partial charge is 0.220 e. The molecule has 76 valence electrons. The number of hydrogen-bond acceptors (Lipinski definition) is 4. The van der Waals surface area contributed by atoms with Crippen LogP contribution in [0.3, 0.4) is 0 Å². The van der Waals surface area contributed by atoms with E-state index in [1.165, 1.54) is 0 Å². The lowest BCUT2D eigenvalue weighted by Gasteiger charge is -2.02. The van der Waals surface area contributed by atoms with Gasteiger partial charge < -0.3 is 11.1 Å². The Morgan fingerprint density at radius 1 is 1.50 bits per heavy atom. The van der Waals surface area contributed by atoms with Crippen molar-refractivity contribution in [3.63, 3.8) is 0 Å². The number of aromatic nitrogens is 2. The lowest BCUT2D eigenvalue weighted by molar-refractivity contribution is -0.121. The Bertz CT molecular complexity index is 275. The number of nitrogens with zero attached hydrogens (tertiary/aromatic N) is 2. The number of nitrogens with two attached hydrogens (primary N) is 1. The minimum absolute atomic E-state index is 0.00102. The number of carbonyl (C=O) groups is 1. The quantitative estimate of drug-likeness (QED) is 0.682. The van der Waals surface area contributed by atoms with Crippen LogP contribution >= 0.6 is 0 Å². The monoisotopic (exact) mass is 194 g/mol. The number of nitrogens with one attached hydrogen (secondary N) is 1. The highest BCUT2D eigenvalue weighted by molar-refractivity contribution is 5.75. The molecule has 0 unspecified atom stereocenters. The first-order valence-corrected chi connectivity index (χ1v) is 4.54. The molecule has 3 N–H and O–H groups in total. The van der Waals surface area contributed by atoms with Gasteiger partial charge in [0.15, 0.2) is 0 Å². The van der Waals surface area contributed by atoms with E-state index in [4.69, 9.17) is 5.73 Å². The summed E-state index contributed by atoms with van der Waals surface area (Å²) in [6, 6.07) is 0. The van der Waals surface area contributed by atoms with E-state index < -0.39 is 0 Å². The van der Waals surface area contributed by atoms with E-state index in [0.717, 1.165) is 5.69 Å². The summed E-state index contributed by atoms with van der Waals surface area (Å²) in [5.41, 5.74) is 6.04. The molecule has 0 saturated heterocycles. The van der Waals surface area contributed by atoms with Gasteiger partial charge in [-0.05, 0) is 13.0 Å². The van der Waals surface area contributed by atoms with Crippen molar-refractivity contribution < 1.29 is 4.79 Å². The van der Waals surface area contributed by atoms with Crippen molar-refractivity contribution in [1.29, 1.82) is 0 Å². The maximum atomic E-state index is 11.2. The largest absolute Gasteiger partial charge is 0.350 e. The highest BCUT2D eigenvalue weighted by Crippen LogP contribution is 1.91. The van der Waals surface area contributed by atoms with Crippen LogP contribution in [-0.4, -0.2) is 22.4 Å². The molecule has 0 aliphatic carbocycles. The lowest BCUT2D eigenvalue weighted by atomic mass is 10.3. The van der Waals surface area contributed by atoms with Crippen molar-refractivity contribution >= 4 is 5.91 Å². The number of rotatable bonds is 5. The zero-order valence-corrected chi connectivity index (χ0v) is 7.94. The van der Waals surface area contributed by atoms with Crippen molar-refractivity contribution in [3.05, 3.63) is 24.3 Å². The van der Waals surface area contributed by atoms with Crippen LogP contribution in [0.2, 0.25) is 0 Å². The number of amides is 1. The molecule has 5 nitrogen and oxygen atoms in total. The van der Waals surface area contributed by atoms with Gasteiger partial charge in [-0.25, -0.2) is 0 Å². The number of hydrogen-bond donors (Lipinski definition) is 2. The van der Waals surface area contributed by atoms with Gasteiger partial charge >= 0.3 is 0 Å². The van der Waals surface area contributed by atoms with Crippen LogP contribution in [0.15, 0.2) is 18.6 Å². The third-order valence-electron chi connectivity index (χ3n) is 1.69. The summed E-state index contributed by atoms with van der Waals surface area (Å²) in [4.78, 5) is 19.1. The molecule has 1 amide bonds. The molecule has 1 heterocycles. The zero-order chi connectivity index (χ0) is 10.2. The van der Waals surface area contributed by atoms with Crippen LogP contribution in [-0.2, 0) is 11.3 Å². The van der Waals surface area contributed by atoms with Crippen LogP contribution in [0.4, 0.5) is 0 Å². The topological polar surface area (TPSA) is 80.9 Å². The molecule has 0 aromatic carbocycles. The zero-order valence-electron chi connectivity index (χ0n) is 7.94. The van der Waals surface area contributed by atoms with E-state index in [1.54, 1.807) is 18.6 Å². The molecule has 0 spiro atoms. The van der Waals surface area contributed by atoms with Crippen LogP contribution in [0, 0.1) is 0 Å². The van der Waals surface area contributed by atoms with Crippen molar-refractivity contribution in [1.82, 2.24) is 15.3 Å². The van der Waals surface area contributed by atoms with E-state index in [1.807, 2.05) is 0 Å². The highest BCUT2D eigenvalue weighted by atomic mass is 16.1. The summed E-state index contributed by atoms with van der Waals surface area (Å²) in [6.45, 7) is 0.968. The minimum Gasteiger partial charge on any atom is -0.350 e. The SMILES string of the molecule is NCCCC(=O)NCc1cnccn1. The Labute approximate surface area is 82.7 Å². The van der Waals surface area contributed by atoms with Crippen molar-refractivity contribution in [2.45, 2.75) is 19.4 Å². The Kier molecular flexibility index (Phi) is 4.57. The Morgan fingerprint density at radius 2 is 2.36 bits per heavy atom. The molecule has 1 aromatic rings. The second-order valence-corrected chi connectivity index (χ2v) is 2.87. The molecular weight excluding hydrogens is 180 g/mol. The van der Waals surface area contributed by atoms with Gasteiger partial charge in [-0.1, -0.05) is 0 Å². The molecule has 1 aromatic heterocycles. The molecule has 0 fully saturated rings. The third kappa shape index (κ3) is 3.95. The predicted octanol–water partition coefficient (Wildman–Crippen LogP) is -0.168. The summed E-state index contributed by atoms with van der Waals surface area (Å²) in [6.07, 6.45) is 6.01. The fraction of sp³-hybridized carbons (Fsp3) is 0.444. The first-order chi connectivity index (χ1) is 6.83.